The Bertz CT molecular complexity index is 573. The zero-order chi connectivity index (χ0) is 12.4. The molecule has 0 heterocycles. The van der Waals surface area contributed by atoms with Gasteiger partial charge in [-0.2, -0.15) is 0 Å². The second-order valence-electron chi connectivity index (χ2n) is 3.96. The van der Waals surface area contributed by atoms with Gasteiger partial charge in [0.2, 0.25) is 0 Å². The van der Waals surface area contributed by atoms with E-state index in [4.69, 9.17) is 0 Å². The maximum absolute atomic E-state index is 13.6. The molecule has 2 aromatic carbocycles. The molecule has 0 aliphatic carbocycles. The van der Waals surface area contributed by atoms with Crippen LogP contribution in [0.4, 0.5) is 4.39 Å². The van der Waals surface area contributed by atoms with Gasteiger partial charge in [-0.05, 0) is 24.1 Å². The Kier molecular flexibility index (Phi) is 2.96. The van der Waals surface area contributed by atoms with Crippen LogP contribution in [0.3, 0.4) is 0 Å². The third-order valence-corrected chi connectivity index (χ3v) is 2.72. The van der Waals surface area contributed by atoms with E-state index in [1.807, 2.05) is 13.0 Å². The molecule has 1 nitrogen and oxygen atoms in total. The zero-order valence-electron chi connectivity index (χ0n) is 9.57. The summed E-state index contributed by atoms with van der Waals surface area (Å²) in [7, 11) is 0. The van der Waals surface area contributed by atoms with E-state index in [0.717, 1.165) is 11.1 Å². The van der Waals surface area contributed by atoms with E-state index < -0.39 is 0 Å². The van der Waals surface area contributed by atoms with Crippen LogP contribution in [0.5, 0.6) is 0 Å². The molecule has 0 radical (unpaired) electrons. The van der Waals surface area contributed by atoms with Crippen LogP contribution >= 0.6 is 0 Å². The van der Waals surface area contributed by atoms with E-state index in [1.165, 1.54) is 6.07 Å². The van der Waals surface area contributed by atoms with Crippen molar-refractivity contribution in [1.82, 2.24) is 0 Å². The lowest BCUT2D eigenvalue weighted by atomic mass is 9.99. The molecule has 0 amide bonds. The maximum Gasteiger partial charge on any atom is 0.131 e. The van der Waals surface area contributed by atoms with Gasteiger partial charge >= 0.3 is 0 Å². The van der Waals surface area contributed by atoms with Gasteiger partial charge in [0.05, 0.1) is 0 Å². The SMILES string of the molecule is C=C(O)c1ccc(-c2ccccc2F)cc1C. The van der Waals surface area contributed by atoms with Crippen molar-refractivity contribution in [3.8, 4) is 11.1 Å². The van der Waals surface area contributed by atoms with Crippen LogP contribution in [0.15, 0.2) is 49.0 Å². The highest BCUT2D eigenvalue weighted by molar-refractivity contribution is 5.69. The van der Waals surface area contributed by atoms with Crippen LogP contribution in [0.2, 0.25) is 0 Å². The molecule has 0 saturated carbocycles. The fourth-order valence-corrected chi connectivity index (χ4v) is 1.85. The van der Waals surface area contributed by atoms with Crippen molar-refractivity contribution < 1.29 is 9.50 Å². The first-order chi connectivity index (χ1) is 8.09. The van der Waals surface area contributed by atoms with Crippen molar-refractivity contribution in [2.75, 3.05) is 0 Å². The number of aliphatic hydroxyl groups excluding tert-OH is 1. The molecule has 0 aliphatic rings. The largest absolute Gasteiger partial charge is 0.508 e. The summed E-state index contributed by atoms with van der Waals surface area (Å²) in [5.74, 6) is -0.218. The molecule has 0 unspecified atom stereocenters. The van der Waals surface area contributed by atoms with Gasteiger partial charge < -0.3 is 5.11 Å². The van der Waals surface area contributed by atoms with Crippen LogP contribution in [0, 0.1) is 12.7 Å². The van der Waals surface area contributed by atoms with Gasteiger partial charge in [-0.3, -0.25) is 0 Å². The van der Waals surface area contributed by atoms with Gasteiger partial charge in [-0.15, -0.1) is 0 Å². The Hall–Kier alpha value is -2.09. The van der Waals surface area contributed by atoms with Crippen molar-refractivity contribution in [3.05, 3.63) is 66.0 Å². The molecule has 0 aliphatic heterocycles. The quantitative estimate of drug-likeness (QED) is 0.758. The van der Waals surface area contributed by atoms with E-state index in [0.29, 0.717) is 11.1 Å². The number of hydrogen-bond acceptors (Lipinski definition) is 1. The lowest BCUT2D eigenvalue weighted by molar-refractivity contribution is 0.513. The monoisotopic (exact) mass is 228 g/mol. The van der Waals surface area contributed by atoms with Crippen LogP contribution < -0.4 is 0 Å². The lowest BCUT2D eigenvalue weighted by Crippen LogP contribution is -1.89. The van der Waals surface area contributed by atoms with Crippen LogP contribution in [0.1, 0.15) is 11.1 Å². The Morgan fingerprint density at radius 3 is 2.47 bits per heavy atom. The van der Waals surface area contributed by atoms with Crippen molar-refractivity contribution in [2.24, 2.45) is 0 Å². The molecule has 0 fully saturated rings. The summed E-state index contributed by atoms with van der Waals surface area (Å²) >= 11 is 0. The van der Waals surface area contributed by atoms with Gasteiger partial charge in [0.25, 0.3) is 0 Å². The highest BCUT2D eigenvalue weighted by atomic mass is 19.1. The van der Waals surface area contributed by atoms with Crippen molar-refractivity contribution in [3.63, 3.8) is 0 Å². The summed E-state index contributed by atoms with van der Waals surface area (Å²) in [6.45, 7) is 5.35. The Balaban J connectivity index is 2.52. The molecular weight excluding hydrogens is 215 g/mol. The Morgan fingerprint density at radius 1 is 1.18 bits per heavy atom. The Labute approximate surface area is 99.9 Å². The van der Waals surface area contributed by atoms with Crippen LogP contribution in [-0.4, -0.2) is 5.11 Å². The first-order valence-electron chi connectivity index (χ1n) is 5.33. The summed E-state index contributed by atoms with van der Waals surface area (Å²) in [6.07, 6.45) is 0. The van der Waals surface area contributed by atoms with Gasteiger partial charge in [-0.25, -0.2) is 4.39 Å². The first-order valence-corrected chi connectivity index (χ1v) is 5.33. The van der Waals surface area contributed by atoms with E-state index in [1.54, 1.807) is 30.3 Å². The fourth-order valence-electron chi connectivity index (χ4n) is 1.85. The molecule has 0 atom stereocenters. The van der Waals surface area contributed by atoms with Gasteiger partial charge in [-0.1, -0.05) is 43.0 Å². The number of rotatable bonds is 2. The minimum atomic E-state index is -0.248. The highest BCUT2D eigenvalue weighted by Crippen LogP contribution is 2.26. The molecule has 0 aromatic heterocycles. The smallest absolute Gasteiger partial charge is 0.131 e. The molecular formula is C15H13FO. The van der Waals surface area contributed by atoms with Gasteiger partial charge in [0.1, 0.15) is 11.6 Å². The molecule has 0 spiro atoms. The predicted molar refractivity (Wildman–Crippen MR) is 68.2 cm³/mol. The fraction of sp³-hybridized carbons (Fsp3) is 0.0667. The summed E-state index contributed by atoms with van der Waals surface area (Å²) in [5.41, 5.74) is 2.92. The molecule has 2 heteroatoms. The van der Waals surface area contributed by atoms with Crippen molar-refractivity contribution in [1.29, 1.82) is 0 Å². The lowest BCUT2D eigenvalue weighted by Gasteiger charge is -2.08. The second kappa shape index (κ2) is 4.42. The number of aryl methyl sites for hydroxylation is 1. The molecule has 86 valence electrons. The first kappa shape index (κ1) is 11.4. The standard InChI is InChI=1S/C15H13FO/c1-10-9-12(7-8-13(10)11(2)17)14-5-3-4-6-15(14)16/h3-9,17H,2H2,1H3. The maximum atomic E-state index is 13.6. The number of benzene rings is 2. The van der Waals surface area contributed by atoms with Crippen molar-refractivity contribution in [2.45, 2.75) is 6.92 Å². The average molecular weight is 228 g/mol. The third-order valence-electron chi connectivity index (χ3n) is 2.72. The van der Waals surface area contributed by atoms with Crippen molar-refractivity contribution >= 4 is 5.76 Å². The minimum Gasteiger partial charge on any atom is -0.508 e. The minimum absolute atomic E-state index is 0.0302. The zero-order valence-corrected chi connectivity index (χ0v) is 9.57. The Morgan fingerprint density at radius 2 is 1.88 bits per heavy atom. The van der Waals surface area contributed by atoms with Crippen LogP contribution in [-0.2, 0) is 0 Å². The summed E-state index contributed by atoms with van der Waals surface area (Å²) in [4.78, 5) is 0. The van der Waals surface area contributed by atoms with Crippen LogP contribution in [0.25, 0.3) is 16.9 Å². The van der Waals surface area contributed by atoms with E-state index in [-0.39, 0.29) is 11.6 Å². The van der Waals surface area contributed by atoms with E-state index in [9.17, 15) is 9.50 Å². The predicted octanol–water partition coefficient (Wildman–Crippen LogP) is 4.33. The molecule has 0 bridgehead atoms. The highest BCUT2D eigenvalue weighted by Gasteiger charge is 2.07. The van der Waals surface area contributed by atoms with Gasteiger partial charge in [0, 0.05) is 11.1 Å². The summed E-state index contributed by atoms with van der Waals surface area (Å²) in [5, 5.41) is 9.35. The molecule has 17 heavy (non-hydrogen) atoms. The normalized spacial score (nSPS) is 10.2. The number of hydrogen-bond donors (Lipinski definition) is 1. The molecule has 0 saturated heterocycles. The second-order valence-corrected chi connectivity index (χ2v) is 3.96. The molecule has 1 N–H and O–H groups in total. The van der Waals surface area contributed by atoms with Gasteiger partial charge in [0.15, 0.2) is 0 Å². The third kappa shape index (κ3) is 2.21. The summed E-state index contributed by atoms with van der Waals surface area (Å²) < 4.78 is 13.6. The van der Waals surface area contributed by atoms with E-state index >= 15 is 0 Å². The number of aliphatic hydroxyl groups is 1. The molecule has 2 aromatic rings. The summed E-state index contributed by atoms with van der Waals surface area (Å²) in [6, 6.07) is 12.0. The van der Waals surface area contributed by atoms with E-state index in [2.05, 4.69) is 6.58 Å². The molecule has 2 rings (SSSR count). The number of halogens is 1. The average Bonchev–Trinajstić information content (AvgIpc) is 2.29. The topological polar surface area (TPSA) is 20.2 Å².